The molecule has 1 aliphatic rings. The molecule has 3 heterocycles. The lowest BCUT2D eigenvalue weighted by molar-refractivity contribution is -0.132. The molecule has 1 aromatic carbocycles. The molecule has 1 amide bonds. The van der Waals surface area contributed by atoms with E-state index in [1.54, 1.807) is 30.5 Å². The van der Waals surface area contributed by atoms with Gasteiger partial charge in [-0.05, 0) is 36.8 Å². The van der Waals surface area contributed by atoms with Gasteiger partial charge in [-0.15, -0.1) is 0 Å². The van der Waals surface area contributed by atoms with Gasteiger partial charge < -0.3 is 14.2 Å². The van der Waals surface area contributed by atoms with E-state index in [-0.39, 0.29) is 18.4 Å². The van der Waals surface area contributed by atoms with Gasteiger partial charge in [-0.3, -0.25) is 9.78 Å². The molecule has 3 aromatic rings. The number of fused-ring (bicyclic) bond motifs is 1. The maximum atomic E-state index is 12.5. The van der Waals surface area contributed by atoms with Crippen molar-refractivity contribution in [3.8, 4) is 5.75 Å². The minimum absolute atomic E-state index is 0.0112. The third-order valence-corrected chi connectivity index (χ3v) is 5.05. The molecule has 0 spiro atoms. The third kappa shape index (κ3) is 3.24. The normalized spacial score (nSPS) is 17.0. The smallest absolute Gasteiger partial charge is 0.260 e. The second-order valence-electron chi connectivity index (χ2n) is 6.46. The van der Waals surface area contributed by atoms with E-state index in [1.807, 2.05) is 24.2 Å². The number of amides is 1. The summed E-state index contributed by atoms with van der Waals surface area (Å²) in [5.41, 5.74) is 1.95. The first kappa shape index (κ1) is 16.8. The first-order valence-corrected chi connectivity index (χ1v) is 8.92. The van der Waals surface area contributed by atoms with Gasteiger partial charge in [0.2, 0.25) is 0 Å². The molecule has 26 heavy (non-hydrogen) atoms. The van der Waals surface area contributed by atoms with E-state index in [1.165, 1.54) is 0 Å². The number of halogens is 1. The van der Waals surface area contributed by atoms with Crippen molar-refractivity contribution in [2.24, 2.45) is 7.05 Å². The summed E-state index contributed by atoms with van der Waals surface area (Å²) >= 11 is 5.85. The van der Waals surface area contributed by atoms with Crippen LogP contribution in [0.2, 0.25) is 5.02 Å². The molecule has 6 nitrogen and oxygen atoms in total. The summed E-state index contributed by atoms with van der Waals surface area (Å²) < 4.78 is 7.64. The number of aromatic nitrogens is 3. The van der Waals surface area contributed by atoms with Crippen molar-refractivity contribution >= 4 is 28.5 Å². The number of carbonyl (C=O) groups is 1. The Morgan fingerprint density at radius 3 is 2.88 bits per heavy atom. The molecule has 1 atom stereocenters. The van der Waals surface area contributed by atoms with E-state index in [2.05, 4.69) is 9.55 Å². The van der Waals surface area contributed by atoms with Crippen LogP contribution in [0.15, 0.2) is 42.7 Å². The molecule has 0 saturated carbocycles. The van der Waals surface area contributed by atoms with Crippen LogP contribution in [0.3, 0.4) is 0 Å². The molecule has 1 fully saturated rings. The van der Waals surface area contributed by atoms with Crippen LogP contribution < -0.4 is 4.74 Å². The summed E-state index contributed by atoms with van der Waals surface area (Å²) in [6.07, 6.45) is 4.47. The first-order chi connectivity index (χ1) is 12.6. The number of rotatable bonds is 4. The van der Waals surface area contributed by atoms with Gasteiger partial charge in [0.1, 0.15) is 11.6 Å². The molecule has 0 unspecified atom stereocenters. The standard InChI is InChI=1S/C19H19ClN4O2/c1-23-17-10-21-8-6-16(17)22-19(23)13-7-9-24(11-13)18(25)12-26-15-4-2-14(20)3-5-15/h2-6,8,10,13H,7,9,11-12H2,1H3/t13-/m0/s1. The van der Waals surface area contributed by atoms with Gasteiger partial charge in [0, 0.05) is 37.3 Å². The second kappa shape index (κ2) is 6.96. The van der Waals surface area contributed by atoms with Crippen molar-refractivity contribution in [2.75, 3.05) is 19.7 Å². The Kier molecular flexibility index (Phi) is 4.51. The topological polar surface area (TPSA) is 60.2 Å². The fraction of sp³-hybridized carbons (Fsp3) is 0.316. The van der Waals surface area contributed by atoms with Crippen LogP contribution in [-0.2, 0) is 11.8 Å². The average Bonchev–Trinajstić information content (AvgIpc) is 3.26. The van der Waals surface area contributed by atoms with E-state index in [0.717, 1.165) is 29.8 Å². The van der Waals surface area contributed by atoms with Crippen molar-refractivity contribution < 1.29 is 9.53 Å². The summed E-state index contributed by atoms with van der Waals surface area (Å²) in [6.45, 7) is 1.41. The number of hydrogen-bond acceptors (Lipinski definition) is 4. The van der Waals surface area contributed by atoms with E-state index in [4.69, 9.17) is 21.3 Å². The minimum Gasteiger partial charge on any atom is -0.484 e. The highest BCUT2D eigenvalue weighted by Crippen LogP contribution is 2.28. The van der Waals surface area contributed by atoms with Crippen molar-refractivity contribution in [2.45, 2.75) is 12.3 Å². The number of pyridine rings is 1. The van der Waals surface area contributed by atoms with Crippen LogP contribution in [0, 0.1) is 0 Å². The highest BCUT2D eigenvalue weighted by atomic mass is 35.5. The Morgan fingerprint density at radius 1 is 1.31 bits per heavy atom. The molecule has 0 aliphatic carbocycles. The van der Waals surface area contributed by atoms with E-state index in [0.29, 0.717) is 17.3 Å². The lowest BCUT2D eigenvalue weighted by atomic mass is 10.1. The number of benzene rings is 1. The summed E-state index contributed by atoms with van der Waals surface area (Å²) in [6, 6.07) is 8.92. The van der Waals surface area contributed by atoms with Crippen LogP contribution in [0.1, 0.15) is 18.2 Å². The number of aryl methyl sites for hydroxylation is 1. The van der Waals surface area contributed by atoms with E-state index >= 15 is 0 Å². The number of carbonyl (C=O) groups excluding carboxylic acids is 1. The molecule has 1 aliphatic heterocycles. The molecule has 0 N–H and O–H groups in total. The second-order valence-corrected chi connectivity index (χ2v) is 6.90. The van der Waals surface area contributed by atoms with Crippen molar-refractivity contribution in [1.82, 2.24) is 19.4 Å². The SMILES string of the molecule is Cn1c([C@H]2CCN(C(=O)COc3ccc(Cl)cc3)C2)nc2ccncc21. The van der Waals surface area contributed by atoms with Gasteiger partial charge in [0.05, 0.1) is 17.2 Å². The van der Waals surface area contributed by atoms with Crippen LogP contribution in [0.5, 0.6) is 5.75 Å². The number of hydrogen-bond donors (Lipinski definition) is 0. The fourth-order valence-corrected chi connectivity index (χ4v) is 3.51. The lowest BCUT2D eigenvalue weighted by Crippen LogP contribution is -2.33. The van der Waals surface area contributed by atoms with Crippen LogP contribution in [0.4, 0.5) is 0 Å². The van der Waals surface area contributed by atoms with Gasteiger partial charge in [-0.1, -0.05) is 11.6 Å². The molecule has 134 valence electrons. The van der Waals surface area contributed by atoms with Gasteiger partial charge in [-0.25, -0.2) is 4.98 Å². The molecule has 4 rings (SSSR count). The van der Waals surface area contributed by atoms with Gasteiger partial charge >= 0.3 is 0 Å². The van der Waals surface area contributed by atoms with Crippen LogP contribution >= 0.6 is 11.6 Å². The zero-order valence-electron chi connectivity index (χ0n) is 14.4. The molecule has 2 aromatic heterocycles. The summed E-state index contributed by atoms with van der Waals surface area (Å²) in [7, 11) is 2.00. The molecular weight excluding hydrogens is 352 g/mol. The predicted octanol–water partition coefficient (Wildman–Crippen LogP) is 3.02. The highest BCUT2D eigenvalue weighted by molar-refractivity contribution is 6.30. The third-order valence-electron chi connectivity index (χ3n) is 4.80. The monoisotopic (exact) mass is 370 g/mol. The Morgan fingerprint density at radius 2 is 2.12 bits per heavy atom. The molecular formula is C19H19ClN4O2. The Labute approximate surface area is 156 Å². The molecule has 0 bridgehead atoms. The summed E-state index contributed by atoms with van der Waals surface area (Å²) in [4.78, 5) is 23.2. The Hall–Kier alpha value is -2.60. The maximum absolute atomic E-state index is 12.5. The average molecular weight is 371 g/mol. The number of imidazole rings is 1. The van der Waals surface area contributed by atoms with Gasteiger partial charge in [0.15, 0.2) is 6.61 Å². The molecule has 7 heteroatoms. The lowest BCUT2D eigenvalue weighted by Gasteiger charge is -2.17. The largest absolute Gasteiger partial charge is 0.484 e. The Bertz CT molecular complexity index is 938. The fourth-order valence-electron chi connectivity index (χ4n) is 3.38. The number of ether oxygens (including phenoxy) is 1. The number of likely N-dealkylation sites (tertiary alicyclic amines) is 1. The van der Waals surface area contributed by atoms with Gasteiger partial charge in [0.25, 0.3) is 5.91 Å². The zero-order valence-corrected chi connectivity index (χ0v) is 15.2. The van der Waals surface area contributed by atoms with Gasteiger partial charge in [-0.2, -0.15) is 0 Å². The van der Waals surface area contributed by atoms with Crippen molar-refractivity contribution in [1.29, 1.82) is 0 Å². The van der Waals surface area contributed by atoms with Crippen molar-refractivity contribution in [3.63, 3.8) is 0 Å². The number of nitrogens with zero attached hydrogens (tertiary/aromatic N) is 4. The zero-order chi connectivity index (χ0) is 18.1. The molecule has 1 saturated heterocycles. The van der Waals surface area contributed by atoms with E-state index in [9.17, 15) is 4.79 Å². The highest BCUT2D eigenvalue weighted by Gasteiger charge is 2.30. The first-order valence-electron chi connectivity index (χ1n) is 8.54. The van der Waals surface area contributed by atoms with Crippen molar-refractivity contribution in [3.05, 3.63) is 53.6 Å². The summed E-state index contributed by atoms with van der Waals surface area (Å²) in [5, 5.41) is 0.642. The van der Waals surface area contributed by atoms with Crippen LogP contribution in [0.25, 0.3) is 11.0 Å². The van der Waals surface area contributed by atoms with Crippen LogP contribution in [-0.4, -0.2) is 45.0 Å². The predicted molar refractivity (Wildman–Crippen MR) is 99.4 cm³/mol. The molecule has 0 radical (unpaired) electrons. The maximum Gasteiger partial charge on any atom is 0.260 e. The Balaban J connectivity index is 1.40. The quantitative estimate of drug-likeness (QED) is 0.708. The van der Waals surface area contributed by atoms with E-state index < -0.39 is 0 Å². The minimum atomic E-state index is -0.0112. The summed E-state index contributed by atoms with van der Waals surface area (Å²) in [5.74, 6) is 1.86.